The van der Waals surface area contributed by atoms with Crippen LogP contribution in [0, 0.1) is 0 Å². The number of ether oxygens (including phenoxy) is 2. The molecule has 152 valence electrons. The highest BCUT2D eigenvalue weighted by atomic mass is 35.5. The Morgan fingerprint density at radius 1 is 1.07 bits per heavy atom. The van der Waals surface area contributed by atoms with Crippen molar-refractivity contribution >= 4 is 40.8 Å². The summed E-state index contributed by atoms with van der Waals surface area (Å²) in [4.78, 5) is 25.2. The molecule has 7 nitrogen and oxygen atoms in total. The maximum atomic E-state index is 13.2. The van der Waals surface area contributed by atoms with Gasteiger partial charge in [0.15, 0.2) is 0 Å². The van der Waals surface area contributed by atoms with Gasteiger partial charge in [-0.2, -0.15) is 0 Å². The van der Waals surface area contributed by atoms with Crippen molar-refractivity contribution in [1.82, 2.24) is 10.6 Å². The lowest BCUT2D eigenvalue weighted by molar-refractivity contribution is -0.113. The molecular formula is C20H19Cl2N3O4. The molecule has 2 aromatic carbocycles. The van der Waals surface area contributed by atoms with Crippen molar-refractivity contribution in [2.24, 2.45) is 0 Å². The highest BCUT2D eigenvalue weighted by Gasteiger charge is 2.31. The van der Waals surface area contributed by atoms with Gasteiger partial charge in [0.05, 0.1) is 36.5 Å². The maximum absolute atomic E-state index is 13.2. The topological polar surface area (TPSA) is 88.7 Å². The Labute approximate surface area is 178 Å². The molecular weight excluding hydrogens is 417 g/mol. The van der Waals surface area contributed by atoms with Crippen LogP contribution in [0.1, 0.15) is 18.5 Å². The summed E-state index contributed by atoms with van der Waals surface area (Å²) in [5, 5.41) is 9.12. The fraction of sp³-hybridized carbons (Fsp3) is 0.200. The Balaban J connectivity index is 1.98. The molecule has 1 heterocycles. The third-order valence-electron chi connectivity index (χ3n) is 4.44. The van der Waals surface area contributed by atoms with Gasteiger partial charge in [-0.3, -0.25) is 4.79 Å². The van der Waals surface area contributed by atoms with Gasteiger partial charge >= 0.3 is 6.03 Å². The van der Waals surface area contributed by atoms with Crippen molar-refractivity contribution < 1.29 is 19.1 Å². The second-order valence-electron chi connectivity index (χ2n) is 6.26. The standard InChI is InChI=1S/C20H19Cl2N3O4/c1-10-17(18(25-20(27)23-10)11-4-6-12(21)7-5-11)19(26)24-14-9-15(28-2)13(22)8-16(14)29-3/h4-9,18H,1-3H3,(H,24,26)(H2,23,25,27). The van der Waals surface area contributed by atoms with Crippen LogP contribution in [-0.2, 0) is 4.79 Å². The zero-order valence-electron chi connectivity index (χ0n) is 15.9. The molecule has 1 unspecified atom stereocenters. The number of methoxy groups -OCH3 is 2. The molecule has 0 saturated carbocycles. The molecule has 2 aromatic rings. The lowest BCUT2D eigenvalue weighted by atomic mass is 9.95. The number of rotatable bonds is 5. The molecule has 3 N–H and O–H groups in total. The van der Waals surface area contributed by atoms with E-state index in [4.69, 9.17) is 32.7 Å². The molecule has 1 aliphatic rings. The van der Waals surface area contributed by atoms with E-state index in [2.05, 4.69) is 16.0 Å². The number of carbonyl (C=O) groups is 2. The van der Waals surface area contributed by atoms with E-state index in [0.29, 0.717) is 38.5 Å². The predicted octanol–water partition coefficient (Wildman–Crippen LogP) is 4.28. The van der Waals surface area contributed by atoms with Crippen LogP contribution in [0.4, 0.5) is 10.5 Å². The SMILES string of the molecule is COc1cc(NC(=O)C2=C(C)NC(=O)NC2c2ccc(Cl)cc2)c(OC)cc1Cl. The van der Waals surface area contributed by atoms with Crippen molar-refractivity contribution in [2.45, 2.75) is 13.0 Å². The number of amides is 3. The summed E-state index contributed by atoms with van der Waals surface area (Å²) in [6.07, 6.45) is 0. The molecule has 29 heavy (non-hydrogen) atoms. The van der Waals surface area contributed by atoms with Crippen LogP contribution >= 0.6 is 23.2 Å². The number of hydrogen-bond donors (Lipinski definition) is 3. The van der Waals surface area contributed by atoms with Crippen LogP contribution in [-0.4, -0.2) is 26.2 Å². The van der Waals surface area contributed by atoms with Crippen LogP contribution in [0.15, 0.2) is 47.7 Å². The minimum absolute atomic E-state index is 0.350. The van der Waals surface area contributed by atoms with Gasteiger partial charge < -0.3 is 25.4 Å². The number of nitrogens with one attached hydrogen (secondary N) is 3. The third-order valence-corrected chi connectivity index (χ3v) is 4.99. The van der Waals surface area contributed by atoms with Crippen LogP contribution in [0.3, 0.4) is 0 Å². The third kappa shape index (κ3) is 4.41. The highest BCUT2D eigenvalue weighted by Crippen LogP contribution is 2.37. The van der Waals surface area contributed by atoms with Crippen molar-refractivity contribution in [2.75, 3.05) is 19.5 Å². The van der Waals surface area contributed by atoms with E-state index >= 15 is 0 Å². The number of urea groups is 1. The molecule has 0 aliphatic carbocycles. The first-order valence-electron chi connectivity index (χ1n) is 8.60. The smallest absolute Gasteiger partial charge is 0.319 e. The van der Waals surface area contributed by atoms with Gasteiger partial charge in [0.25, 0.3) is 5.91 Å². The van der Waals surface area contributed by atoms with Gasteiger partial charge in [0.1, 0.15) is 11.5 Å². The van der Waals surface area contributed by atoms with Crippen LogP contribution in [0.2, 0.25) is 10.0 Å². The average Bonchev–Trinajstić information content (AvgIpc) is 2.68. The molecule has 3 rings (SSSR count). The maximum Gasteiger partial charge on any atom is 0.319 e. The summed E-state index contributed by atoms with van der Waals surface area (Å²) >= 11 is 12.1. The van der Waals surface area contributed by atoms with Crippen LogP contribution < -0.4 is 25.4 Å². The molecule has 1 atom stereocenters. The summed E-state index contributed by atoms with van der Waals surface area (Å²) in [5.74, 6) is 0.341. The van der Waals surface area contributed by atoms with E-state index in [1.165, 1.54) is 14.2 Å². The molecule has 0 spiro atoms. The lowest BCUT2D eigenvalue weighted by Gasteiger charge is -2.29. The van der Waals surface area contributed by atoms with E-state index in [-0.39, 0.29) is 0 Å². The lowest BCUT2D eigenvalue weighted by Crippen LogP contribution is -2.45. The second kappa shape index (κ2) is 8.63. The van der Waals surface area contributed by atoms with E-state index in [9.17, 15) is 9.59 Å². The summed E-state index contributed by atoms with van der Waals surface area (Å²) in [6, 6.07) is 8.98. The first kappa shape index (κ1) is 20.8. The van der Waals surface area contributed by atoms with Gasteiger partial charge in [0.2, 0.25) is 0 Å². The molecule has 9 heteroatoms. The summed E-state index contributed by atoms with van der Waals surface area (Å²) < 4.78 is 10.5. The minimum Gasteiger partial charge on any atom is -0.495 e. The average molecular weight is 436 g/mol. The van der Waals surface area contributed by atoms with Gasteiger partial charge in [-0.1, -0.05) is 35.3 Å². The predicted molar refractivity (Wildman–Crippen MR) is 112 cm³/mol. The molecule has 0 aromatic heterocycles. The van der Waals surface area contributed by atoms with Crippen LogP contribution in [0.5, 0.6) is 11.5 Å². The van der Waals surface area contributed by atoms with Crippen molar-refractivity contribution in [3.63, 3.8) is 0 Å². The molecule has 0 fully saturated rings. The van der Waals surface area contributed by atoms with Gasteiger partial charge in [-0.15, -0.1) is 0 Å². The van der Waals surface area contributed by atoms with Crippen molar-refractivity contribution in [3.8, 4) is 11.5 Å². The Kier molecular flexibility index (Phi) is 6.20. The number of halogens is 2. The fourth-order valence-corrected chi connectivity index (χ4v) is 3.40. The minimum atomic E-state index is -0.652. The Bertz CT molecular complexity index is 990. The van der Waals surface area contributed by atoms with E-state index < -0.39 is 18.0 Å². The van der Waals surface area contributed by atoms with Crippen LogP contribution in [0.25, 0.3) is 0 Å². The largest absolute Gasteiger partial charge is 0.495 e. The number of benzene rings is 2. The summed E-state index contributed by atoms with van der Waals surface area (Å²) in [6.45, 7) is 1.66. The van der Waals surface area contributed by atoms with Crippen molar-refractivity contribution in [3.05, 3.63) is 63.3 Å². The summed E-state index contributed by atoms with van der Waals surface area (Å²) in [5.41, 5.74) is 1.88. The summed E-state index contributed by atoms with van der Waals surface area (Å²) in [7, 11) is 2.94. The molecule has 0 bridgehead atoms. The first-order valence-corrected chi connectivity index (χ1v) is 9.36. The van der Waals surface area contributed by atoms with E-state index in [0.717, 1.165) is 5.56 Å². The molecule has 3 amide bonds. The number of hydrogen-bond acceptors (Lipinski definition) is 4. The van der Waals surface area contributed by atoms with E-state index in [1.54, 1.807) is 43.3 Å². The Hall–Kier alpha value is -2.90. The van der Waals surface area contributed by atoms with Gasteiger partial charge in [-0.05, 0) is 24.6 Å². The zero-order valence-corrected chi connectivity index (χ0v) is 17.4. The quantitative estimate of drug-likeness (QED) is 0.653. The first-order chi connectivity index (χ1) is 13.8. The molecule has 0 saturated heterocycles. The molecule has 0 radical (unpaired) electrons. The normalized spacial score (nSPS) is 16.0. The number of allylic oxidation sites excluding steroid dienone is 1. The van der Waals surface area contributed by atoms with Gasteiger partial charge in [0, 0.05) is 22.9 Å². The fourth-order valence-electron chi connectivity index (χ4n) is 3.05. The Morgan fingerprint density at radius 3 is 2.34 bits per heavy atom. The number of anilines is 1. The monoisotopic (exact) mass is 435 g/mol. The van der Waals surface area contributed by atoms with Gasteiger partial charge in [-0.25, -0.2) is 4.79 Å². The van der Waals surface area contributed by atoms with Crippen molar-refractivity contribution in [1.29, 1.82) is 0 Å². The number of carbonyl (C=O) groups excluding carboxylic acids is 2. The Morgan fingerprint density at radius 2 is 1.72 bits per heavy atom. The zero-order chi connectivity index (χ0) is 21.1. The molecule has 1 aliphatic heterocycles. The second-order valence-corrected chi connectivity index (χ2v) is 7.11. The highest BCUT2D eigenvalue weighted by molar-refractivity contribution is 6.32. The van der Waals surface area contributed by atoms with E-state index in [1.807, 2.05) is 0 Å².